The molecule has 24 heavy (non-hydrogen) atoms. The van der Waals surface area contributed by atoms with Crippen molar-refractivity contribution in [3.63, 3.8) is 0 Å². The van der Waals surface area contributed by atoms with E-state index in [4.69, 9.17) is 5.26 Å². The van der Waals surface area contributed by atoms with Crippen LogP contribution in [0.2, 0.25) is 0 Å². The lowest BCUT2D eigenvalue weighted by molar-refractivity contribution is 0.254. The molecule has 0 aromatic heterocycles. The van der Waals surface area contributed by atoms with Crippen LogP contribution in [0.25, 0.3) is 0 Å². The van der Waals surface area contributed by atoms with E-state index >= 15 is 0 Å². The van der Waals surface area contributed by atoms with Gasteiger partial charge in [-0.3, -0.25) is 0 Å². The molecule has 1 aliphatic carbocycles. The summed E-state index contributed by atoms with van der Waals surface area (Å²) < 4.78 is 0. The Labute approximate surface area is 148 Å². The lowest BCUT2D eigenvalue weighted by atomic mass is 9.78. The summed E-state index contributed by atoms with van der Waals surface area (Å²) in [6.07, 6.45) is 18.0. The molecule has 0 radical (unpaired) electrons. The minimum absolute atomic E-state index is 0.891. The van der Waals surface area contributed by atoms with Gasteiger partial charge in [0.25, 0.3) is 0 Å². The van der Waals surface area contributed by atoms with Gasteiger partial charge in [-0.1, -0.05) is 69.4 Å². The number of benzene rings is 1. The Kier molecular flexibility index (Phi) is 8.67. The van der Waals surface area contributed by atoms with Crippen molar-refractivity contribution >= 4 is 0 Å². The van der Waals surface area contributed by atoms with Gasteiger partial charge in [-0.2, -0.15) is 5.26 Å². The van der Waals surface area contributed by atoms with Gasteiger partial charge in [0.2, 0.25) is 0 Å². The molecule has 0 N–H and O–H groups in total. The van der Waals surface area contributed by atoms with Gasteiger partial charge in [0.15, 0.2) is 0 Å². The predicted octanol–water partition coefficient (Wildman–Crippen LogP) is 6.63. The van der Waals surface area contributed by atoms with Gasteiger partial charge in [-0.05, 0) is 61.5 Å². The van der Waals surface area contributed by atoms with Crippen LogP contribution in [0, 0.1) is 23.2 Å². The number of nitrogens with zero attached hydrogens (tertiary/aromatic N) is 1. The van der Waals surface area contributed by atoms with E-state index in [0.29, 0.717) is 0 Å². The Morgan fingerprint density at radius 2 is 1.54 bits per heavy atom. The molecular formula is C23H33N. The van der Waals surface area contributed by atoms with E-state index in [1.54, 1.807) is 6.08 Å². The van der Waals surface area contributed by atoms with Crippen molar-refractivity contribution in [2.24, 2.45) is 11.8 Å². The highest BCUT2D eigenvalue weighted by atomic mass is 14.3. The van der Waals surface area contributed by atoms with Gasteiger partial charge in [-0.15, -0.1) is 0 Å². The topological polar surface area (TPSA) is 23.8 Å². The molecule has 1 saturated carbocycles. The zero-order valence-electron chi connectivity index (χ0n) is 15.3. The van der Waals surface area contributed by atoms with E-state index in [-0.39, 0.29) is 0 Å². The zero-order valence-corrected chi connectivity index (χ0v) is 15.3. The minimum atomic E-state index is 0.891. The van der Waals surface area contributed by atoms with Crippen LogP contribution in [-0.2, 0) is 12.8 Å². The van der Waals surface area contributed by atoms with Crippen LogP contribution in [0.5, 0.6) is 0 Å². The van der Waals surface area contributed by atoms with E-state index in [9.17, 15) is 0 Å². The Morgan fingerprint density at radius 3 is 2.12 bits per heavy atom. The fourth-order valence-corrected chi connectivity index (χ4v) is 3.90. The molecule has 1 nitrogen and oxygen atoms in total. The molecule has 130 valence electrons. The Balaban J connectivity index is 1.63. The maximum absolute atomic E-state index is 8.51. The third-order valence-corrected chi connectivity index (χ3v) is 5.58. The molecule has 0 amide bonds. The minimum Gasteiger partial charge on any atom is -0.193 e. The lowest BCUT2D eigenvalue weighted by Gasteiger charge is -2.28. The van der Waals surface area contributed by atoms with Crippen LogP contribution in [0.1, 0.15) is 75.8 Å². The highest BCUT2D eigenvalue weighted by Crippen LogP contribution is 2.34. The first-order valence-corrected chi connectivity index (χ1v) is 9.94. The van der Waals surface area contributed by atoms with E-state index in [1.165, 1.54) is 75.3 Å². The standard InChI is InChI=1S/C23H33N/c1-2-3-7-20-9-13-22(14-10-20)17-18-23-15-11-21(12-16-23)8-5-4-6-19-24/h4,6,9-10,13-14,21,23H,2-3,5,7-8,11-12,15-18H2,1H3. The van der Waals surface area contributed by atoms with E-state index in [0.717, 1.165) is 18.3 Å². The SMILES string of the molecule is CCCCc1ccc(CCC2CCC(CCC=CC#N)CC2)cc1. The lowest BCUT2D eigenvalue weighted by Crippen LogP contribution is -2.15. The normalized spacial score (nSPS) is 21.0. The monoisotopic (exact) mass is 323 g/mol. The Bertz CT molecular complexity index is 512. The highest BCUT2D eigenvalue weighted by Gasteiger charge is 2.20. The molecule has 0 saturated heterocycles. The number of aryl methyl sites for hydroxylation is 2. The molecule has 1 aromatic rings. The highest BCUT2D eigenvalue weighted by molar-refractivity contribution is 5.22. The van der Waals surface area contributed by atoms with E-state index in [2.05, 4.69) is 37.3 Å². The maximum Gasteiger partial charge on any atom is 0.0908 e. The van der Waals surface area contributed by atoms with Crippen LogP contribution >= 0.6 is 0 Å². The first-order valence-electron chi connectivity index (χ1n) is 9.94. The zero-order chi connectivity index (χ0) is 17.0. The van der Waals surface area contributed by atoms with Crippen molar-refractivity contribution < 1.29 is 0 Å². The van der Waals surface area contributed by atoms with Gasteiger partial charge in [0.1, 0.15) is 0 Å². The molecule has 0 heterocycles. The van der Waals surface area contributed by atoms with Crippen molar-refractivity contribution in [3.8, 4) is 6.07 Å². The third-order valence-electron chi connectivity index (χ3n) is 5.58. The summed E-state index contributed by atoms with van der Waals surface area (Å²) in [4.78, 5) is 0. The smallest absolute Gasteiger partial charge is 0.0908 e. The molecule has 1 aliphatic rings. The first kappa shape index (κ1) is 18.8. The summed E-state index contributed by atoms with van der Waals surface area (Å²) in [5, 5.41) is 8.51. The molecule has 0 spiro atoms. The largest absolute Gasteiger partial charge is 0.193 e. The van der Waals surface area contributed by atoms with Gasteiger partial charge >= 0.3 is 0 Å². The first-order chi connectivity index (χ1) is 11.8. The molecule has 0 aliphatic heterocycles. The van der Waals surface area contributed by atoms with Gasteiger partial charge in [-0.25, -0.2) is 0 Å². The molecule has 0 unspecified atom stereocenters. The van der Waals surface area contributed by atoms with Crippen molar-refractivity contribution in [3.05, 3.63) is 47.5 Å². The van der Waals surface area contributed by atoms with Gasteiger partial charge in [0, 0.05) is 6.08 Å². The van der Waals surface area contributed by atoms with Crippen molar-refractivity contribution in [2.75, 3.05) is 0 Å². The third kappa shape index (κ3) is 6.91. The van der Waals surface area contributed by atoms with E-state index in [1.807, 2.05) is 6.08 Å². The van der Waals surface area contributed by atoms with Crippen LogP contribution in [0.4, 0.5) is 0 Å². The summed E-state index contributed by atoms with van der Waals surface area (Å²) in [7, 11) is 0. The molecule has 0 bridgehead atoms. The number of nitriles is 1. The molecular weight excluding hydrogens is 290 g/mol. The number of rotatable bonds is 9. The maximum atomic E-state index is 8.51. The van der Waals surface area contributed by atoms with Crippen LogP contribution in [-0.4, -0.2) is 0 Å². The summed E-state index contributed by atoms with van der Waals surface area (Å²) in [6, 6.07) is 11.4. The average Bonchev–Trinajstić information content (AvgIpc) is 2.64. The number of hydrogen-bond donors (Lipinski definition) is 0. The fourth-order valence-electron chi connectivity index (χ4n) is 3.90. The Morgan fingerprint density at radius 1 is 0.958 bits per heavy atom. The molecule has 1 heteroatoms. The van der Waals surface area contributed by atoms with Crippen LogP contribution in [0.3, 0.4) is 0 Å². The van der Waals surface area contributed by atoms with E-state index < -0.39 is 0 Å². The summed E-state index contributed by atoms with van der Waals surface area (Å²) in [5.41, 5.74) is 3.01. The fraction of sp³-hybridized carbons (Fsp3) is 0.609. The second-order valence-corrected chi connectivity index (χ2v) is 7.45. The van der Waals surface area contributed by atoms with Crippen molar-refractivity contribution in [1.82, 2.24) is 0 Å². The summed E-state index contributed by atoms with van der Waals surface area (Å²) in [6.45, 7) is 2.26. The number of hydrogen-bond acceptors (Lipinski definition) is 1. The Hall–Kier alpha value is -1.55. The molecule has 2 rings (SSSR count). The van der Waals surface area contributed by atoms with Crippen molar-refractivity contribution in [1.29, 1.82) is 5.26 Å². The van der Waals surface area contributed by atoms with Crippen molar-refractivity contribution in [2.45, 2.75) is 77.6 Å². The quantitative estimate of drug-likeness (QED) is 0.468. The summed E-state index contributed by atoms with van der Waals surface area (Å²) in [5.74, 6) is 1.82. The second-order valence-electron chi connectivity index (χ2n) is 7.45. The second kappa shape index (κ2) is 11.1. The average molecular weight is 324 g/mol. The molecule has 1 fully saturated rings. The van der Waals surface area contributed by atoms with Crippen LogP contribution in [0.15, 0.2) is 36.4 Å². The molecule has 0 atom stereocenters. The van der Waals surface area contributed by atoms with Gasteiger partial charge in [0.05, 0.1) is 6.07 Å². The van der Waals surface area contributed by atoms with Crippen LogP contribution < -0.4 is 0 Å². The predicted molar refractivity (Wildman–Crippen MR) is 103 cm³/mol. The molecule has 1 aromatic carbocycles. The number of unbranched alkanes of at least 4 members (excludes halogenated alkanes) is 1. The number of allylic oxidation sites excluding steroid dienone is 2. The van der Waals surface area contributed by atoms with Gasteiger partial charge < -0.3 is 0 Å². The summed E-state index contributed by atoms with van der Waals surface area (Å²) >= 11 is 0.